The highest BCUT2D eigenvalue weighted by molar-refractivity contribution is 5.55. The number of nitrogens with one attached hydrogen (secondary N) is 1. The van der Waals surface area contributed by atoms with Gasteiger partial charge in [0.15, 0.2) is 5.82 Å². The van der Waals surface area contributed by atoms with Crippen LogP contribution >= 0.6 is 0 Å². The van der Waals surface area contributed by atoms with Crippen molar-refractivity contribution in [3.63, 3.8) is 0 Å². The third-order valence-corrected chi connectivity index (χ3v) is 6.71. The third-order valence-electron chi connectivity index (χ3n) is 6.71. The lowest BCUT2D eigenvalue weighted by atomic mass is 9.87. The summed E-state index contributed by atoms with van der Waals surface area (Å²) in [7, 11) is 0. The van der Waals surface area contributed by atoms with Crippen molar-refractivity contribution in [2.75, 3.05) is 6.61 Å². The monoisotopic (exact) mass is 435 g/mol. The zero-order valence-electron chi connectivity index (χ0n) is 17.2. The molecule has 2 aromatic rings. The number of alkyl halides is 2. The molecule has 0 spiro atoms. The fraction of sp³-hybridized carbons (Fsp3) is 0.565. The molecule has 5 nitrogen and oxygen atoms in total. The minimum Gasteiger partial charge on any atom is -0.396 e. The van der Waals surface area contributed by atoms with E-state index < -0.39 is 17.8 Å². The van der Waals surface area contributed by atoms with Gasteiger partial charge in [-0.3, -0.25) is 0 Å². The number of halogens is 3. The number of aliphatic hydroxyl groups is 2. The summed E-state index contributed by atoms with van der Waals surface area (Å²) in [6, 6.07) is 7.90. The number of hydrogen-bond donors (Lipinski definition) is 3. The summed E-state index contributed by atoms with van der Waals surface area (Å²) in [4.78, 5) is 8.71. The molecular formula is C23H28F3N3O2. The lowest BCUT2D eigenvalue weighted by Crippen LogP contribution is -2.45. The van der Waals surface area contributed by atoms with Crippen molar-refractivity contribution >= 4 is 0 Å². The van der Waals surface area contributed by atoms with Crippen molar-refractivity contribution in [2.45, 2.75) is 62.6 Å². The Balaban J connectivity index is 1.50. The highest BCUT2D eigenvalue weighted by atomic mass is 19.3. The Morgan fingerprint density at radius 1 is 1.10 bits per heavy atom. The third kappa shape index (κ3) is 5.07. The van der Waals surface area contributed by atoms with E-state index in [1.165, 1.54) is 6.07 Å². The second-order valence-electron chi connectivity index (χ2n) is 8.77. The normalized spacial score (nSPS) is 28.7. The maximum atomic E-state index is 14.1. The summed E-state index contributed by atoms with van der Waals surface area (Å²) in [6.45, 7) is -0.169. The first-order valence-electron chi connectivity index (χ1n) is 10.9. The van der Waals surface area contributed by atoms with Gasteiger partial charge in [0.1, 0.15) is 5.82 Å². The van der Waals surface area contributed by atoms with Crippen molar-refractivity contribution in [3.05, 3.63) is 48.0 Å². The molecule has 0 radical (unpaired) electrons. The standard InChI is InChI=1S/C23H28F3N3O2/c24-19-4-2-1-3-16(19)22-27-10-7-15(29-22)11-17-18(13-30)21(31)12-20(17)28-14-5-8-23(25,26)9-6-14/h1-4,7,10,14,17-18,20-21,28,30-31H,5-6,8-9,11-13H2/t17-,18-,20-,21-/m1/s1. The predicted molar refractivity (Wildman–Crippen MR) is 110 cm³/mol. The van der Waals surface area contributed by atoms with E-state index in [0.29, 0.717) is 36.9 Å². The molecule has 8 heteroatoms. The van der Waals surface area contributed by atoms with Crippen molar-refractivity contribution in [1.82, 2.24) is 15.3 Å². The van der Waals surface area contributed by atoms with Gasteiger partial charge in [0.2, 0.25) is 5.92 Å². The van der Waals surface area contributed by atoms with Crippen LogP contribution in [0.15, 0.2) is 36.5 Å². The van der Waals surface area contributed by atoms with Crippen LogP contribution in [0.2, 0.25) is 0 Å². The number of aliphatic hydroxyl groups excluding tert-OH is 2. The molecule has 1 heterocycles. The van der Waals surface area contributed by atoms with Gasteiger partial charge in [-0.25, -0.2) is 23.1 Å². The molecule has 31 heavy (non-hydrogen) atoms. The van der Waals surface area contributed by atoms with E-state index in [1.807, 2.05) is 0 Å². The van der Waals surface area contributed by atoms with Crippen LogP contribution in [0.1, 0.15) is 37.8 Å². The fourth-order valence-corrected chi connectivity index (χ4v) is 4.97. The van der Waals surface area contributed by atoms with Crippen molar-refractivity contribution in [1.29, 1.82) is 0 Å². The highest BCUT2D eigenvalue weighted by Gasteiger charge is 2.44. The van der Waals surface area contributed by atoms with Crippen LogP contribution in [-0.2, 0) is 6.42 Å². The Kier molecular flexibility index (Phi) is 6.60. The summed E-state index contributed by atoms with van der Waals surface area (Å²) in [5.41, 5.74) is 1.00. The summed E-state index contributed by atoms with van der Waals surface area (Å²) in [5.74, 6) is -3.17. The second-order valence-corrected chi connectivity index (χ2v) is 8.77. The summed E-state index contributed by atoms with van der Waals surface area (Å²) >= 11 is 0. The minimum absolute atomic E-state index is 0.0313. The Bertz CT molecular complexity index is 888. The van der Waals surface area contributed by atoms with E-state index in [4.69, 9.17) is 0 Å². The molecule has 0 aliphatic heterocycles. The number of benzene rings is 1. The predicted octanol–water partition coefficient (Wildman–Crippen LogP) is 3.35. The van der Waals surface area contributed by atoms with Gasteiger partial charge in [-0.1, -0.05) is 12.1 Å². The molecule has 3 N–H and O–H groups in total. The van der Waals surface area contributed by atoms with Gasteiger partial charge in [-0.15, -0.1) is 0 Å². The lowest BCUT2D eigenvalue weighted by molar-refractivity contribution is -0.0417. The summed E-state index contributed by atoms with van der Waals surface area (Å²) < 4.78 is 41.1. The topological polar surface area (TPSA) is 78.3 Å². The van der Waals surface area contributed by atoms with Crippen molar-refractivity contribution < 1.29 is 23.4 Å². The molecule has 2 aliphatic carbocycles. The quantitative estimate of drug-likeness (QED) is 0.649. The van der Waals surface area contributed by atoms with Crippen LogP contribution in [0.5, 0.6) is 0 Å². The Labute approximate surface area is 179 Å². The number of hydrogen-bond acceptors (Lipinski definition) is 5. The van der Waals surface area contributed by atoms with E-state index in [0.717, 1.165) is 0 Å². The molecule has 4 atom stereocenters. The minimum atomic E-state index is -2.59. The maximum absolute atomic E-state index is 14.1. The molecule has 2 fully saturated rings. The van der Waals surface area contributed by atoms with Gasteiger partial charge >= 0.3 is 0 Å². The van der Waals surface area contributed by atoms with Gasteiger partial charge in [0, 0.05) is 49.3 Å². The van der Waals surface area contributed by atoms with Crippen LogP contribution in [0.4, 0.5) is 13.2 Å². The Morgan fingerprint density at radius 3 is 2.55 bits per heavy atom. The molecule has 0 unspecified atom stereocenters. The van der Waals surface area contributed by atoms with Gasteiger partial charge in [-0.2, -0.15) is 0 Å². The second kappa shape index (κ2) is 9.22. The van der Waals surface area contributed by atoms with Gasteiger partial charge in [0.25, 0.3) is 0 Å². The van der Waals surface area contributed by atoms with Crippen LogP contribution < -0.4 is 5.32 Å². The summed E-state index contributed by atoms with van der Waals surface area (Å²) in [5, 5.41) is 23.8. The van der Waals surface area contributed by atoms with Crippen molar-refractivity contribution in [2.24, 2.45) is 11.8 Å². The van der Waals surface area contributed by atoms with E-state index in [-0.39, 0.29) is 49.2 Å². The number of nitrogens with zero attached hydrogens (tertiary/aromatic N) is 2. The van der Waals surface area contributed by atoms with Crippen LogP contribution in [0, 0.1) is 17.7 Å². The molecule has 0 saturated heterocycles. The number of rotatable bonds is 6. The molecule has 1 aromatic carbocycles. The molecule has 0 amide bonds. The maximum Gasteiger partial charge on any atom is 0.248 e. The average Bonchev–Trinajstić information content (AvgIpc) is 3.04. The van der Waals surface area contributed by atoms with Crippen LogP contribution in [0.3, 0.4) is 0 Å². The van der Waals surface area contributed by atoms with Gasteiger partial charge in [0.05, 0.1) is 11.7 Å². The van der Waals surface area contributed by atoms with Crippen molar-refractivity contribution in [3.8, 4) is 11.4 Å². The van der Waals surface area contributed by atoms with E-state index in [9.17, 15) is 23.4 Å². The molecular weight excluding hydrogens is 407 g/mol. The first-order chi connectivity index (χ1) is 14.9. The zero-order valence-corrected chi connectivity index (χ0v) is 17.2. The molecule has 0 bridgehead atoms. The van der Waals surface area contributed by atoms with Gasteiger partial charge < -0.3 is 15.5 Å². The smallest absolute Gasteiger partial charge is 0.248 e. The summed E-state index contributed by atoms with van der Waals surface area (Å²) in [6.07, 6.45) is 2.33. The molecule has 2 aliphatic rings. The largest absolute Gasteiger partial charge is 0.396 e. The molecule has 2 saturated carbocycles. The lowest BCUT2D eigenvalue weighted by Gasteiger charge is -2.33. The number of aromatic nitrogens is 2. The first-order valence-corrected chi connectivity index (χ1v) is 10.9. The SMILES string of the molecule is OC[C@@H]1[C@@H](Cc2ccnc(-c3ccccc3F)n2)[C@H](NC2CCC(F)(F)CC2)C[C@H]1O. The van der Waals surface area contributed by atoms with Gasteiger partial charge in [-0.05, 0) is 49.8 Å². The Hall–Kier alpha value is -2.03. The fourth-order valence-electron chi connectivity index (χ4n) is 4.97. The highest BCUT2D eigenvalue weighted by Crippen LogP contribution is 2.38. The zero-order chi connectivity index (χ0) is 22.0. The molecule has 168 valence electrons. The van der Waals surface area contributed by atoms with E-state index in [2.05, 4.69) is 15.3 Å². The van der Waals surface area contributed by atoms with Crippen LogP contribution in [0.25, 0.3) is 11.4 Å². The molecule has 1 aromatic heterocycles. The van der Waals surface area contributed by atoms with Crippen LogP contribution in [-0.4, -0.2) is 50.9 Å². The Morgan fingerprint density at radius 2 is 1.84 bits per heavy atom. The van der Waals surface area contributed by atoms with E-state index in [1.54, 1.807) is 30.5 Å². The van der Waals surface area contributed by atoms with E-state index >= 15 is 0 Å². The average molecular weight is 435 g/mol. The molecule has 4 rings (SSSR count). The first kappa shape index (κ1) is 22.2.